The van der Waals surface area contributed by atoms with Crippen molar-refractivity contribution in [3.8, 4) is 11.5 Å². The summed E-state index contributed by atoms with van der Waals surface area (Å²) >= 11 is 0. The van der Waals surface area contributed by atoms with Gasteiger partial charge in [0.25, 0.3) is 0 Å². The topological polar surface area (TPSA) is 88.0 Å². The van der Waals surface area contributed by atoms with Crippen LogP contribution in [0.1, 0.15) is 129 Å². The first kappa shape index (κ1) is 33.6. The van der Waals surface area contributed by atoms with E-state index in [1.165, 1.54) is 53.1 Å². The summed E-state index contributed by atoms with van der Waals surface area (Å²) in [6, 6.07) is 12.1. The number of carbonyl (C=O) groups is 1. The SMILES string of the molecule is COc1c2c(c(OC)c3cc4c(cc13)[C@@H]1C[C@H]4C3C1C1(C)C4C5C[C@@H](c6ccc(NC(C)=O)cc65)C4[C@@]31C)[C@@H]1CC2C2C1[C@@]1(C)C3C([C@H]4C[C@@H]3[C@H](CO)[C@@H]4CO)C21C. The summed E-state index contributed by atoms with van der Waals surface area (Å²) in [6.45, 7) is 12.8. The molecule has 22 atom stereocenters. The number of fused-ring (bicyclic) bond motifs is 40. The van der Waals surface area contributed by atoms with Crippen LogP contribution in [0.25, 0.3) is 10.8 Å². The van der Waals surface area contributed by atoms with E-state index in [0.29, 0.717) is 81.8 Å². The zero-order valence-electron chi connectivity index (χ0n) is 35.1. The number of ether oxygens (including phenoxy) is 2. The van der Waals surface area contributed by atoms with Crippen LogP contribution in [0.2, 0.25) is 0 Å². The van der Waals surface area contributed by atoms with Crippen LogP contribution >= 0.6 is 0 Å². The zero-order valence-corrected chi connectivity index (χ0v) is 35.1. The minimum absolute atomic E-state index is 0.0112. The molecule has 1 amide bonds. The Hall–Kier alpha value is -3.09. The Balaban J connectivity index is 0.832. The molecule has 6 nitrogen and oxygen atoms in total. The first-order chi connectivity index (χ1) is 27.9. The van der Waals surface area contributed by atoms with Crippen molar-refractivity contribution in [1.82, 2.24) is 0 Å². The van der Waals surface area contributed by atoms with E-state index in [2.05, 4.69) is 63.3 Å². The molecule has 0 heterocycles. The van der Waals surface area contributed by atoms with Crippen LogP contribution < -0.4 is 14.8 Å². The summed E-state index contributed by atoms with van der Waals surface area (Å²) in [6.07, 6.45) is 5.01. The lowest BCUT2D eigenvalue weighted by atomic mass is 9.19. The molecule has 15 rings (SSSR count). The summed E-state index contributed by atoms with van der Waals surface area (Å²) in [7, 11) is 3.86. The number of methoxy groups -OCH3 is 2. The maximum absolute atomic E-state index is 12.0. The van der Waals surface area contributed by atoms with Crippen molar-refractivity contribution in [2.75, 3.05) is 32.8 Å². The molecule has 12 aliphatic rings. The predicted molar refractivity (Wildman–Crippen MR) is 221 cm³/mol. The molecule has 12 unspecified atom stereocenters. The van der Waals surface area contributed by atoms with E-state index >= 15 is 0 Å². The largest absolute Gasteiger partial charge is 0.496 e. The highest BCUT2D eigenvalue weighted by Gasteiger charge is 2.91. The van der Waals surface area contributed by atoms with Crippen LogP contribution in [-0.2, 0) is 4.79 Å². The second-order valence-corrected chi connectivity index (χ2v) is 23.4. The van der Waals surface area contributed by atoms with E-state index in [9.17, 15) is 15.0 Å². The highest BCUT2D eigenvalue weighted by atomic mass is 16.5. The summed E-state index contributed by atoms with van der Waals surface area (Å²) in [5.41, 5.74) is 11.5. The van der Waals surface area contributed by atoms with E-state index in [1.807, 2.05) is 14.2 Å². The quantitative estimate of drug-likeness (QED) is 0.225. The molecule has 9 saturated carbocycles. The standard InChI is InChI=1S/C52H59NO5/c1-19(56)53-20-8-9-21-22(10-20)26-13-25(21)39-40(26)50(3)42-28-14-27(41(42)49(39,50)2)23-11-31-32(12-24(23)28)48(58-7)38-34-16-33(37(38)47(31)57-6)45-46(34)52(5)44-30-15-29(43(44)51(45,52)4)35(17-54)36(30)18-55/h8-12,25-30,33-36,39-46,54-55H,13-18H2,1-7H3,(H,53,56)/t25-,26?,27+,28-,29+,30-,33-,34?,35-,36+,39?,40?,41?,42?,43?,44?,45?,46?,49-,50?,51+,52?/m0/s1. The summed E-state index contributed by atoms with van der Waals surface area (Å²) in [5.74, 6) is 13.1. The minimum atomic E-state index is 0.0112. The van der Waals surface area contributed by atoms with Gasteiger partial charge in [-0.15, -0.1) is 0 Å². The molecule has 12 aliphatic carbocycles. The van der Waals surface area contributed by atoms with Gasteiger partial charge < -0.3 is 25.0 Å². The third-order valence-corrected chi connectivity index (χ3v) is 23.7. The molecule has 58 heavy (non-hydrogen) atoms. The molecule has 3 aromatic rings. The van der Waals surface area contributed by atoms with Gasteiger partial charge in [-0.2, -0.15) is 0 Å². The number of nitrogens with one attached hydrogen (secondary N) is 1. The van der Waals surface area contributed by atoms with Crippen LogP contribution in [0.15, 0.2) is 30.3 Å². The first-order valence-electron chi connectivity index (χ1n) is 23.3. The number of aliphatic hydroxyl groups excluding tert-OH is 2. The highest BCUT2D eigenvalue weighted by Crippen LogP contribution is 2.97. The van der Waals surface area contributed by atoms with Gasteiger partial charge >= 0.3 is 0 Å². The molecule has 8 bridgehead atoms. The Morgan fingerprint density at radius 1 is 0.586 bits per heavy atom. The normalized spacial score (nSPS) is 54.2. The van der Waals surface area contributed by atoms with Gasteiger partial charge in [-0.05, 0) is 200 Å². The molecular formula is C52H59NO5. The molecule has 9 fully saturated rings. The van der Waals surface area contributed by atoms with Gasteiger partial charge in [0.2, 0.25) is 5.91 Å². The fourth-order valence-corrected chi connectivity index (χ4v) is 22.9. The molecule has 302 valence electrons. The zero-order chi connectivity index (χ0) is 39.2. The van der Waals surface area contributed by atoms with Crippen molar-refractivity contribution >= 4 is 22.4 Å². The smallest absolute Gasteiger partial charge is 0.221 e. The molecule has 0 aliphatic heterocycles. The van der Waals surface area contributed by atoms with Crippen molar-refractivity contribution in [3.05, 3.63) is 63.7 Å². The summed E-state index contributed by atoms with van der Waals surface area (Å²) < 4.78 is 13.3. The number of anilines is 1. The van der Waals surface area contributed by atoms with Crippen LogP contribution in [0, 0.1) is 92.7 Å². The molecule has 3 aromatic carbocycles. The number of benzene rings is 3. The Morgan fingerprint density at radius 2 is 0.983 bits per heavy atom. The van der Waals surface area contributed by atoms with E-state index < -0.39 is 0 Å². The lowest BCUT2D eigenvalue weighted by Gasteiger charge is -2.84. The van der Waals surface area contributed by atoms with Crippen LogP contribution in [-0.4, -0.2) is 43.6 Å². The second-order valence-electron chi connectivity index (χ2n) is 23.4. The Bertz CT molecular complexity index is 2510. The third-order valence-electron chi connectivity index (χ3n) is 23.7. The van der Waals surface area contributed by atoms with Crippen LogP contribution in [0.4, 0.5) is 5.69 Å². The highest BCUT2D eigenvalue weighted by molar-refractivity contribution is 5.99. The Morgan fingerprint density at radius 3 is 1.41 bits per heavy atom. The predicted octanol–water partition coefficient (Wildman–Crippen LogP) is 9.14. The van der Waals surface area contributed by atoms with Crippen LogP contribution in [0.5, 0.6) is 11.5 Å². The van der Waals surface area contributed by atoms with Crippen molar-refractivity contribution in [3.63, 3.8) is 0 Å². The molecule has 0 spiro atoms. The summed E-state index contributed by atoms with van der Waals surface area (Å²) in [5, 5.41) is 26.8. The Kier molecular flexibility index (Phi) is 5.60. The van der Waals surface area contributed by atoms with E-state index in [-0.39, 0.29) is 41.8 Å². The number of hydrogen-bond donors (Lipinski definition) is 3. The lowest BCUT2D eigenvalue weighted by molar-refractivity contribution is -0.371. The number of hydrogen-bond acceptors (Lipinski definition) is 5. The molecular weight excluding hydrogens is 719 g/mol. The minimum Gasteiger partial charge on any atom is -0.496 e. The van der Waals surface area contributed by atoms with Crippen molar-refractivity contribution in [2.24, 2.45) is 92.7 Å². The van der Waals surface area contributed by atoms with Gasteiger partial charge in [0.1, 0.15) is 11.5 Å². The molecule has 0 saturated heterocycles. The molecule has 3 N–H and O–H groups in total. The lowest BCUT2D eigenvalue weighted by Crippen LogP contribution is -2.81. The number of rotatable bonds is 5. The second kappa shape index (κ2) is 9.67. The third kappa shape index (κ3) is 2.84. The van der Waals surface area contributed by atoms with Gasteiger partial charge in [-0.25, -0.2) is 0 Å². The van der Waals surface area contributed by atoms with Gasteiger partial charge in [0.05, 0.1) is 14.2 Å². The average molecular weight is 778 g/mol. The van der Waals surface area contributed by atoms with E-state index in [4.69, 9.17) is 9.47 Å². The number of amides is 1. The maximum Gasteiger partial charge on any atom is 0.221 e. The van der Waals surface area contributed by atoms with Crippen molar-refractivity contribution in [2.45, 2.75) is 95.8 Å². The molecule has 6 heteroatoms. The number of aliphatic hydroxyl groups is 2. The van der Waals surface area contributed by atoms with Gasteiger partial charge in [0, 0.05) is 47.7 Å². The molecule has 0 radical (unpaired) electrons. The fraction of sp³-hybridized carbons (Fsp3) is 0.673. The van der Waals surface area contributed by atoms with Crippen LogP contribution in [0.3, 0.4) is 0 Å². The fourth-order valence-electron chi connectivity index (χ4n) is 22.9. The Labute approximate surface area is 342 Å². The monoisotopic (exact) mass is 777 g/mol. The number of carbonyl (C=O) groups excluding carboxylic acids is 1. The van der Waals surface area contributed by atoms with Crippen molar-refractivity contribution < 1.29 is 24.5 Å². The average Bonchev–Trinajstić information content (AvgIpc) is 4.10. The summed E-state index contributed by atoms with van der Waals surface area (Å²) in [4.78, 5) is 12.0. The van der Waals surface area contributed by atoms with E-state index in [1.54, 1.807) is 23.6 Å². The van der Waals surface area contributed by atoms with Gasteiger partial charge in [0.15, 0.2) is 0 Å². The van der Waals surface area contributed by atoms with Gasteiger partial charge in [-0.1, -0.05) is 33.8 Å². The van der Waals surface area contributed by atoms with Gasteiger partial charge in [-0.3, -0.25) is 4.79 Å². The first-order valence-corrected chi connectivity index (χ1v) is 23.3. The maximum atomic E-state index is 12.0. The van der Waals surface area contributed by atoms with Crippen molar-refractivity contribution in [1.29, 1.82) is 0 Å². The van der Waals surface area contributed by atoms with E-state index in [0.717, 1.165) is 40.9 Å². The molecule has 0 aromatic heterocycles.